The fourth-order valence-electron chi connectivity index (χ4n) is 0.817. The van der Waals surface area contributed by atoms with Crippen molar-refractivity contribution in [1.82, 2.24) is 5.01 Å². The third kappa shape index (κ3) is 1.75. The van der Waals surface area contributed by atoms with Gasteiger partial charge in [-0.05, 0) is 17.8 Å². The van der Waals surface area contributed by atoms with Crippen LogP contribution in [0.25, 0.3) is 0 Å². The van der Waals surface area contributed by atoms with Gasteiger partial charge in [-0.3, -0.25) is 4.79 Å². The lowest BCUT2D eigenvalue weighted by atomic mass is 10.5. The van der Waals surface area contributed by atoms with Gasteiger partial charge in [0, 0.05) is 6.20 Å². The Morgan fingerprint density at radius 3 is 3.25 bits per heavy atom. The first-order chi connectivity index (χ1) is 5.36. The lowest BCUT2D eigenvalue weighted by molar-refractivity contribution is -0.105. The molecule has 0 aromatic heterocycles. The van der Waals surface area contributed by atoms with Crippen LogP contribution in [0.1, 0.15) is 0 Å². The highest BCUT2D eigenvalue weighted by Crippen LogP contribution is 2.16. The van der Waals surface area contributed by atoms with Gasteiger partial charge in [-0.1, -0.05) is 0 Å². The van der Waals surface area contributed by atoms with E-state index in [9.17, 15) is 4.79 Å². The molecule has 2 rings (SSSR count). The Hall–Kier alpha value is -0.620. The molecule has 2 aliphatic rings. The molecule has 0 N–H and O–H groups in total. The van der Waals surface area contributed by atoms with E-state index < -0.39 is 0 Å². The first kappa shape index (κ1) is 9.47. The largest absolute Gasteiger partial charge is 0.280 e. The van der Waals surface area contributed by atoms with Crippen LogP contribution in [0, 0.1) is 0 Å². The van der Waals surface area contributed by atoms with Crippen LogP contribution in [0.4, 0.5) is 0 Å². The molecule has 0 spiro atoms. The molecule has 0 aromatic rings. The highest BCUT2D eigenvalue weighted by Gasteiger charge is 2.19. The maximum atomic E-state index is 10.8. The molecule has 64 valence electrons. The molecule has 0 atom stereocenters. The fourth-order valence-corrected chi connectivity index (χ4v) is 1.44. The lowest BCUT2D eigenvalue weighted by Gasteiger charge is -2.22. The molecule has 0 aromatic carbocycles. The van der Waals surface area contributed by atoms with Gasteiger partial charge in [0.15, 0.2) is 5.17 Å². The van der Waals surface area contributed by atoms with E-state index in [4.69, 9.17) is 0 Å². The minimum Gasteiger partial charge on any atom is -0.280 e. The van der Waals surface area contributed by atoms with E-state index in [1.165, 1.54) is 6.21 Å². The van der Waals surface area contributed by atoms with Crippen LogP contribution in [0.3, 0.4) is 0 Å². The van der Waals surface area contributed by atoms with Crippen molar-refractivity contribution in [2.75, 3.05) is 6.54 Å². The van der Waals surface area contributed by atoms with E-state index in [1.54, 1.807) is 11.2 Å². The number of carbonyl (C=O) groups is 1. The highest BCUT2D eigenvalue weighted by molar-refractivity contribution is 8.93. The van der Waals surface area contributed by atoms with Gasteiger partial charge in [-0.15, -0.1) is 17.0 Å². The zero-order valence-electron chi connectivity index (χ0n) is 6.01. The number of aliphatic imine (C=N–C) groups is 1. The molecule has 4 nitrogen and oxygen atoms in total. The molecule has 0 bridgehead atoms. The maximum absolute atomic E-state index is 10.8. The molecule has 0 fully saturated rings. The van der Waals surface area contributed by atoms with Gasteiger partial charge in [0.1, 0.15) is 6.21 Å². The van der Waals surface area contributed by atoms with Crippen LogP contribution in [0.2, 0.25) is 0 Å². The molecular formula is C6H6BrN3OS. The Balaban J connectivity index is 0.000000720. The zero-order chi connectivity index (χ0) is 7.68. The van der Waals surface area contributed by atoms with Crippen molar-refractivity contribution in [2.24, 2.45) is 10.1 Å². The number of nitrogens with zero attached hydrogens (tertiary/aromatic N) is 3. The van der Waals surface area contributed by atoms with Crippen LogP contribution in [-0.4, -0.2) is 28.1 Å². The van der Waals surface area contributed by atoms with Crippen molar-refractivity contribution in [3.63, 3.8) is 0 Å². The predicted molar refractivity (Wildman–Crippen MR) is 54.7 cm³/mol. The molecule has 2 aliphatic heterocycles. The minimum atomic E-state index is -0.0599. The summed E-state index contributed by atoms with van der Waals surface area (Å²) in [6.45, 7) is 0.704. The summed E-state index contributed by atoms with van der Waals surface area (Å²) in [6, 6.07) is 0. The van der Waals surface area contributed by atoms with Crippen molar-refractivity contribution < 1.29 is 4.79 Å². The SMILES string of the molecule is Br.O=C1C=NN2CC=CN=C2S1. The first-order valence-corrected chi connectivity index (χ1v) is 3.94. The molecule has 0 aliphatic carbocycles. The third-order valence-electron chi connectivity index (χ3n) is 1.28. The summed E-state index contributed by atoms with van der Waals surface area (Å²) in [6.07, 6.45) is 4.88. The van der Waals surface area contributed by atoms with Crippen LogP contribution >= 0.6 is 28.7 Å². The number of amidine groups is 1. The minimum absolute atomic E-state index is 0. The summed E-state index contributed by atoms with van der Waals surface area (Å²) in [7, 11) is 0. The van der Waals surface area contributed by atoms with Crippen LogP contribution in [-0.2, 0) is 4.79 Å². The number of hydrogen-bond donors (Lipinski definition) is 0. The summed E-state index contributed by atoms with van der Waals surface area (Å²) in [4.78, 5) is 14.8. The van der Waals surface area contributed by atoms with Crippen molar-refractivity contribution in [3.05, 3.63) is 12.3 Å². The molecule has 0 saturated carbocycles. The molecule has 2 heterocycles. The zero-order valence-corrected chi connectivity index (χ0v) is 8.54. The van der Waals surface area contributed by atoms with Crippen LogP contribution in [0.5, 0.6) is 0 Å². The van der Waals surface area contributed by atoms with Crippen LogP contribution < -0.4 is 0 Å². The van der Waals surface area contributed by atoms with E-state index in [0.717, 1.165) is 11.8 Å². The number of hydrogen-bond acceptors (Lipinski definition) is 5. The Kier molecular flexibility index (Phi) is 3.05. The van der Waals surface area contributed by atoms with Gasteiger partial charge in [-0.2, -0.15) is 5.10 Å². The normalized spacial score (nSPS) is 19.8. The van der Waals surface area contributed by atoms with Gasteiger partial charge >= 0.3 is 0 Å². The number of thioether (sulfide) groups is 1. The summed E-state index contributed by atoms with van der Waals surface area (Å²) in [5.41, 5.74) is 0. The number of fused-ring (bicyclic) bond motifs is 1. The topological polar surface area (TPSA) is 45.0 Å². The van der Waals surface area contributed by atoms with E-state index in [0.29, 0.717) is 11.7 Å². The highest BCUT2D eigenvalue weighted by atomic mass is 79.9. The summed E-state index contributed by atoms with van der Waals surface area (Å²) >= 11 is 1.11. The Morgan fingerprint density at radius 1 is 1.58 bits per heavy atom. The predicted octanol–water partition coefficient (Wildman–Crippen LogP) is 1.01. The number of halogens is 1. The molecule has 0 amide bonds. The van der Waals surface area contributed by atoms with Crippen molar-refractivity contribution >= 4 is 45.2 Å². The molecule has 0 radical (unpaired) electrons. The van der Waals surface area contributed by atoms with Gasteiger partial charge < -0.3 is 0 Å². The Labute approximate surface area is 84.2 Å². The van der Waals surface area contributed by atoms with Gasteiger partial charge in [0.05, 0.1) is 6.54 Å². The third-order valence-corrected chi connectivity index (χ3v) is 2.09. The van der Waals surface area contributed by atoms with Gasteiger partial charge in [-0.25, -0.2) is 10.0 Å². The molecule has 0 unspecified atom stereocenters. The van der Waals surface area contributed by atoms with Crippen molar-refractivity contribution in [3.8, 4) is 0 Å². The average molecular weight is 248 g/mol. The first-order valence-electron chi connectivity index (χ1n) is 3.12. The molecular weight excluding hydrogens is 242 g/mol. The smallest absolute Gasteiger partial charge is 0.239 e. The fraction of sp³-hybridized carbons (Fsp3) is 0.167. The molecule has 0 saturated heterocycles. The molecule has 12 heavy (non-hydrogen) atoms. The summed E-state index contributed by atoms with van der Waals surface area (Å²) in [5, 5.41) is 6.18. The monoisotopic (exact) mass is 247 g/mol. The van der Waals surface area contributed by atoms with Gasteiger partial charge in [0.25, 0.3) is 0 Å². The molecule has 6 heteroatoms. The number of carbonyl (C=O) groups excluding carboxylic acids is 1. The Bertz CT molecular complexity index is 287. The van der Waals surface area contributed by atoms with Crippen molar-refractivity contribution in [1.29, 1.82) is 0 Å². The van der Waals surface area contributed by atoms with E-state index >= 15 is 0 Å². The van der Waals surface area contributed by atoms with Crippen molar-refractivity contribution in [2.45, 2.75) is 0 Å². The second-order valence-corrected chi connectivity index (χ2v) is 3.02. The number of hydrazone groups is 1. The second kappa shape index (κ2) is 3.86. The lowest BCUT2D eigenvalue weighted by Crippen LogP contribution is -2.30. The second-order valence-electron chi connectivity index (χ2n) is 2.04. The quantitative estimate of drug-likeness (QED) is 0.642. The van der Waals surface area contributed by atoms with Gasteiger partial charge in [0.2, 0.25) is 5.12 Å². The Morgan fingerprint density at radius 2 is 2.42 bits per heavy atom. The van der Waals surface area contributed by atoms with Crippen LogP contribution in [0.15, 0.2) is 22.4 Å². The summed E-state index contributed by atoms with van der Waals surface area (Å²) < 4.78 is 0. The standard InChI is InChI=1S/C6H5N3OS.BrH/c10-5-4-8-9-3-1-2-7-6(9)11-5;/h1-2,4H,3H2;1H. The average Bonchev–Trinajstić information content (AvgIpc) is 2.04. The summed E-state index contributed by atoms with van der Waals surface area (Å²) in [5.74, 6) is 0. The van der Waals surface area contributed by atoms with E-state index in [-0.39, 0.29) is 22.1 Å². The maximum Gasteiger partial charge on any atom is 0.239 e. The number of rotatable bonds is 0. The van der Waals surface area contributed by atoms with E-state index in [2.05, 4.69) is 10.1 Å². The van der Waals surface area contributed by atoms with E-state index in [1.807, 2.05) is 6.08 Å².